The van der Waals surface area contributed by atoms with E-state index >= 15 is 0 Å². The second kappa shape index (κ2) is 17.0. The molecule has 0 aliphatic carbocycles. The van der Waals surface area contributed by atoms with Crippen LogP contribution in [-0.2, 0) is 19.1 Å². The maximum atomic E-state index is 11.5. The average molecular weight is 371 g/mol. The third kappa shape index (κ3) is 16.1. The van der Waals surface area contributed by atoms with Gasteiger partial charge in [-0.1, -0.05) is 84.0 Å². The molecule has 0 aliphatic rings. The highest BCUT2D eigenvalue weighted by Crippen LogP contribution is 2.13. The number of hydrogen-bond donors (Lipinski definition) is 2. The third-order valence-corrected chi connectivity index (χ3v) is 4.42. The zero-order valence-corrected chi connectivity index (χ0v) is 16.5. The van der Waals surface area contributed by atoms with Crippen molar-refractivity contribution in [3.8, 4) is 0 Å². The van der Waals surface area contributed by atoms with Crippen LogP contribution in [0.2, 0.25) is 0 Å². The Morgan fingerprint density at radius 1 is 0.769 bits per heavy atom. The summed E-state index contributed by atoms with van der Waals surface area (Å²) in [6.07, 6.45) is 15.8. The normalized spacial score (nSPS) is 11.9. The number of nitrogens with two attached hydrogens (primary N) is 2. The van der Waals surface area contributed by atoms with E-state index in [1.807, 2.05) is 0 Å². The quantitative estimate of drug-likeness (QED) is 0.230. The molecule has 0 rings (SSSR count). The van der Waals surface area contributed by atoms with Gasteiger partial charge in [0.25, 0.3) is 0 Å². The monoisotopic (exact) mass is 370 g/mol. The first-order chi connectivity index (χ1) is 12.5. The molecule has 6 nitrogen and oxygen atoms in total. The van der Waals surface area contributed by atoms with Gasteiger partial charge in [0.05, 0.1) is 6.42 Å². The van der Waals surface area contributed by atoms with E-state index in [1.165, 1.54) is 64.2 Å². The van der Waals surface area contributed by atoms with Crippen molar-refractivity contribution in [2.24, 2.45) is 11.5 Å². The van der Waals surface area contributed by atoms with Gasteiger partial charge in [0.1, 0.15) is 6.04 Å². The largest absolute Gasteiger partial charge is 0.392 e. The van der Waals surface area contributed by atoms with Gasteiger partial charge in [-0.15, -0.1) is 0 Å². The predicted molar refractivity (Wildman–Crippen MR) is 103 cm³/mol. The molecule has 152 valence electrons. The van der Waals surface area contributed by atoms with E-state index in [2.05, 4.69) is 11.7 Å². The van der Waals surface area contributed by atoms with Crippen LogP contribution in [0.3, 0.4) is 0 Å². The number of esters is 2. The fourth-order valence-corrected chi connectivity index (χ4v) is 2.83. The lowest BCUT2D eigenvalue weighted by molar-refractivity contribution is -0.161. The van der Waals surface area contributed by atoms with Crippen molar-refractivity contribution in [1.82, 2.24) is 0 Å². The summed E-state index contributed by atoms with van der Waals surface area (Å²) < 4.78 is 4.61. The fourth-order valence-electron chi connectivity index (χ4n) is 2.83. The summed E-state index contributed by atoms with van der Waals surface area (Å²) in [6.45, 7) is 2.24. The number of amides is 1. The average Bonchev–Trinajstić information content (AvgIpc) is 2.58. The minimum Gasteiger partial charge on any atom is -0.392 e. The molecule has 4 N–H and O–H groups in total. The Balaban J connectivity index is 3.40. The minimum absolute atomic E-state index is 0.201. The molecule has 0 bridgehead atoms. The molecular weight excluding hydrogens is 332 g/mol. The molecule has 0 saturated heterocycles. The molecular formula is C20H38N2O4. The molecule has 1 amide bonds. The number of ether oxygens (including phenoxy) is 1. The molecule has 0 saturated carbocycles. The van der Waals surface area contributed by atoms with Crippen LogP contribution >= 0.6 is 0 Å². The molecule has 26 heavy (non-hydrogen) atoms. The smallest absolute Gasteiger partial charge is 0.331 e. The highest BCUT2D eigenvalue weighted by Gasteiger charge is 2.20. The molecule has 6 heteroatoms. The summed E-state index contributed by atoms with van der Waals surface area (Å²) >= 11 is 0. The number of hydrogen-bond acceptors (Lipinski definition) is 5. The Bertz CT molecular complexity index is 399. The van der Waals surface area contributed by atoms with Crippen LogP contribution < -0.4 is 11.5 Å². The Kier molecular flexibility index (Phi) is 16.1. The molecule has 0 aromatic carbocycles. The van der Waals surface area contributed by atoms with Crippen molar-refractivity contribution in [2.45, 2.75) is 109 Å². The van der Waals surface area contributed by atoms with Crippen LogP contribution in [0.1, 0.15) is 103 Å². The van der Waals surface area contributed by atoms with Gasteiger partial charge in [-0.2, -0.15) is 0 Å². The van der Waals surface area contributed by atoms with Crippen LogP contribution in [0, 0.1) is 0 Å². The third-order valence-electron chi connectivity index (χ3n) is 4.42. The van der Waals surface area contributed by atoms with E-state index in [1.54, 1.807) is 0 Å². The summed E-state index contributed by atoms with van der Waals surface area (Å²) in [5.74, 6) is -2.17. The van der Waals surface area contributed by atoms with Crippen LogP contribution in [0.15, 0.2) is 0 Å². The zero-order chi connectivity index (χ0) is 19.6. The molecule has 0 fully saturated rings. The Morgan fingerprint density at radius 3 is 1.62 bits per heavy atom. The van der Waals surface area contributed by atoms with Gasteiger partial charge >= 0.3 is 11.9 Å². The van der Waals surface area contributed by atoms with Crippen LogP contribution in [-0.4, -0.2) is 23.9 Å². The van der Waals surface area contributed by atoms with E-state index < -0.39 is 23.9 Å². The first-order valence-electron chi connectivity index (χ1n) is 10.3. The van der Waals surface area contributed by atoms with E-state index in [0.29, 0.717) is 6.42 Å². The lowest BCUT2D eigenvalue weighted by Crippen LogP contribution is -2.37. The molecule has 0 radical (unpaired) electrons. The second-order valence-electron chi connectivity index (χ2n) is 7.06. The number of unbranched alkanes of at least 4 members (excludes halogenated alkanes) is 12. The summed E-state index contributed by atoms with van der Waals surface area (Å²) in [4.78, 5) is 33.6. The second-order valence-corrected chi connectivity index (χ2v) is 7.06. The van der Waals surface area contributed by atoms with E-state index in [0.717, 1.165) is 12.8 Å². The Labute approximate surface area is 158 Å². The maximum Gasteiger partial charge on any atom is 0.331 e. The first kappa shape index (κ1) is 24.6. The van der Waals surface area contributed by atoms with Crippen molar-refractivity contribution in [3.63, 3.8) is 0 Å². The van der Waals surface area contributed by atoms with Crippen LogP contribution in [0.25, 0.3) is 0 Å². The van der Waals surface area contributed by atoms with Gasteiger partial charge in [-0.25, -0.2) is 4.79 Å². The predicted octanol–water partition coefficient (Wildman–Crippen LogP) is 3.74. The topological polar surface area (TPSA) is 112 Å². The van der Waals surface area contributed by atoms with Crippen LogP contribution in [0.5, 0.6) is 0 Å². The number of rotatable bonds is 17. The molecule has 0 aromatic rings. The van der Waals surface area contributed by atoms with Crippen LogP contribution in [0.4, 0.5) is 0 Å². The van der Waals surface area contributed by atoms with Crippen molar-refractivity contribution >= 4 is 17.8 Å². The van der Waals surface area contributed by atoms with E-state index in [-0.39, 0.29) is 12.8 Å². The minimum atomic E-state index is -1.16. The summed E-state index contributed by atoms with van der Waals surface area (Å²) in [6, 6.07) is -1.16. The van der Waals surface area contributed by atoms with E-state index in [4.69, 9.17) is 11.5 Å². The summed E-state index contributed by atoms with van der Waals surface area (Å²) in [5, 5.41) is 0. The molecule has 1 atom stereocenters. The maximum absolute atomic E-state index is 11.5. The van der Waals surface area contributed by atoms with Gasteiger partial charge in [0.15, 0.2) is 0 Å². The van der Waals surface area contributed by atoms with Gasteiger partial charge in [-0.05, 0) is 6.42 Å². The molecule has 0 aromatic heterocycles. The van der Waals surface area contributed by atoms with Crippen molar-refractivity contribution in [3.05, 3.63) is 0 Å². The van der Waals surface area contributed by atoms with Crippen molar-refractivity contribution in [2.75, 3.05) is 0 Å². The van der Waals surface area contributed by atoms with Gasteiger partial charge in [0.2, 0.25) is 5.91 Å². The van der Waals surface area contributed by atoms with Crippen molar-refractivity contribution < 1.29 is 19.1 Å². The molecule has 0 aliphatic heterocycles. The number of carbonyl (C=O) groups excluding carboxylic acids is 3. The highest BCUT2D eigenvalue weighted by molar-refractivity contribution is 5.91. The first-order valence-corrected chi connectivity index (χ1v) is 10.3. The Morgan fingerprint density at radius 2 is 1.19 bits per heavy atom. The van der Waals surface area contributed by atoms with Gasteiger partial charge < -0.3 is 16.2 Å². The SMILES string of the molecule is CCCCCCCCCCCCCCCC(=O)OC(=O)[C@@H](N)CC(N)=O. The molecule has 0 heterocycles. The molecule has 0 spiro atoms. The summed E-state index contributed by atoms with van der Waals surface area (Å²) in [7, 11) is 0. The lowest BCUT2D eigenvalue weighted by atomic mass is 10.0. The lowest BCUT2D eigenvalue weighted by Gasteiger charge is -2.08. The van der Waals surface area contributed by atoms with Crippen molar-refractivity contribution in [1.29, 1.82) is 0 Å². The van der Waals surface area contributed by atoms with E-state index in [9.17, 15) is 14.4 Å². The number of primary amides is 1. The summed E-state index contributed by atoms with van der Waals surface area (Å²) in [5.41, 5.74) is 10.4. The zero-order valence-electron chi connectivity index (χ0n) is 16.5. The molecule has 0 unspecified atom stereocenters. The van der Waals surface area contributed by atoms with Gasteiger partial charge in [0, 0.05) is 6.42 Å². The highest BCUT2D eigenvalue weighted by atomic mass is 16.6. The fraction of sp³-hybridized carbons (Fsp3) is 0.850. The van der Waals surface area contributed by atoms with Gasteiger partial charge in [-0.3, -0.25) is 9.59 Å². The number of carbonyl (C=O) groups is 3. The standard InChI is InChI=1S/C20H38N2O4/c1-2-3-4-5-6-7-8-9-10-11-12-13-14-15-19(24)26-20(25)17(21)16-18(22)23/h17H,2-16,21H2,1H3,(H2,22,23)/t17-/m0/s1. The Hall–Kier alpha value is -1.43.